The van der Waals surface area contributed by atoms with Gasteiger partial charge in [0.15, 0.2) is 11.2 Å². The van der Waals surface area contributed by atoms with E-state index in [2.05, 4.69) is 115 Å². The zero-order valence-corrected chi connectivity index (χ0v) is 26.2. The molecule has 3 nitrogen and oxygen atoms in total. The van der Waals surface area contributed by atoms with E-state index in [0.29, 0.717) is 0 Å². The molecule has 0 aliphatic carbocycles. The maximum absolute atomic E-state index is 6.75. The summed E-state index contributed by atoms with van der Waals surface area (Å²) >= 11 is 0. The molecule has 0 aliphatic heterocycles. The van der Waals surface area contributed by atoms with Crippen molar-refractivity contribution in [3.8, 4) is 33.6 Å². The van der Waals surface area contributed by atoms with E-state index in [-0.39, 0.29) is 0 Å². The van der Waals surface area contributed by atoms with Crippen molar-refractivity contribution in [2.45, 2.75) is 0 Å². The maximum atomic E-state index is 6.75. The van der Waals surface area contributed by atoms with Crippen molar-refractivity contribution in [3.05, 3.63) is 158 Å². The van der Waals surface area contributed by atoms with Crippen LogP contribution < -0.4 is 0 Å². The van der Waals surface area contributed by atoms with E-state index in [4.69, 9.17) is 13.3 Å². The molecule has 49 heavy (non-hydrogen) atoms. The van der Waals surface area contributed by atoms with Crippen LogP contribution in [0.1, 0.15) is 0 Å². The average molecular weight is 627 g/mol. The van der Waals surface area contributed by atoms with Crippen LogP contribution in [0.3, 0.4) is 0 Å². The van der Waals surface area contributed by atoms with Crippen LogP contribution in [-0.4, -0.2) is 0 Å². The summed E-state index contributed by atoms with van der Waals surface area (Å²) < 4.78 is 19.9. The van der Waals surface area contributed by atoms with Crippen LogP contribution >= 0.6 is 0 Å². The fraction of sp³-hybridized carbons (Fsp3) is 0. The Morgan fingerprint density at radius 1 is 0.286 bits per heavy atom. The normalized spacial score (nSPS) is 12.1. The molecule has 11 rings (SSSR count). The van der Waals surface area contributed by atoms with Gasteiger partial charge >= 0.3 is 0 Å². The summed E-state index contributed by atoms with van der Waals surface area (Å²) in [5.41, 5.74) is 9.73. The molecule has 228 valence electrons. The summed E-state index contributed by atoms with van der Waals surface area (Å²) in [6, 6.07) is 55.4. The number of hydrogen-bond donors (Lipinski definition) is 0. The van der Waals surface area contributed by atoms with E-state index < -0.39 is 0 Å². The fourth-order valence-electron chi connectivity index (χ4n) is 7.96. The SMILES string of the molecule is c1ccc(-c2cc3c(-c4c5ccccc5c(-c5cccc6c5oc5ccccc56)c5ccccc45)cc4c5ccccc5oc4c3o2)cc1. The molecule has 11 aromatic rings. The Morgan fingerprint density at radius 2 is 0.776 bits per heavy atom. The molecular weight excluding hydrogens is 601 g/mol. The molecule has 3 heterocycles. The first-order valence-corrected chi connectivity index (χ1v) is 16.6. The minimum Gasteiger partial charge on any atom is -0.455 e. The number of fused-ring (bicyclic) bond motifs is 10. The Morgan fingerprint density at radius 3 is 1.43 bits per heavy atom. The van der Waals surface area contributed by atoms with Crippen molar-refractivity contribution in [1.29, 1.82) is 0 Å². The standard InChI is InChI=1S/C46H26O3/c1-2-13-27(14-3-1)41-26-38-36(25-37-29-16-9-11-24-40(29)48-45(37)46(38)49-41)43-32-19-6-4-17-30(32)42(31-18-5-7-20-33(31)43)35-22-12-21-34-28-15-8-10-23-39(28)47-44(34)35/h1-26H. The Balaban J connectivity index is 1.30. The van der Waals surface area contributed by atoms with E-state index in [9.17, 15) is 0 Å². The highest BCUT2D eigenvalue weighted by atomic mass is 16.4. The summed E-state index contributed by atoms with van der Waals surface area (Å²) in [7, 11) is 0. The highest BCUT2D eigenvalue weighted by Crippen LogP contribution is 2.50. The summed E-state index contributed by atoms with van der Waals surface area (Å²) in [6.45, 7) is 0. The smallest absolute Gasteiger partial charge is 0.178 e. The third-order valence-electron chi connectivity index (χ3n) is 10.1. The molecule has 0 atom stereocenters. The first-order valence-electron chi connectivity index (χ1n) is 16.6. The molecule has 0 unspecified atom stereocenters. The number of rotatable bonds is 3. The molecule has 3 aromatic heterocycles. The molecule has 0 fully saturated rings. The van der Waals surface area contributed by atoms with Gasteiger partial charge in [0.2, 0.25) is 0 Å². The van der Waals surface area contributed by atoms with Gasteiger partial charge in [0.05, 0.1) is 0 Å². The van der Waals surface area contributed by atoms with Crippen molar-refractivity contribution in [2.24, 2.45) is 0 Å². The number of para-hydroxylation sites is 3. The second-order valence-corrected chi connectivity index (χ2v) is 12.7. The lowest BCUT2D eigenvalue weighted by atomic mass is 9.84. The lowest BCUT2D eigenvalue weighted by molar-refractivity contribution is 0.611. The van der Waals surface area contributed by atoms with Crippen LogP contribution in [0.15, 0.2) is 171 Å². The molecular formula is C46H26O3. The minimum absolute atomic E-state index is 0.756. The zero-order valence-electron chi connectivity index (χ0n) is 26.2. The van der Waals surface area contributed by atoms with Crippen molar-refractivity contribution in [1.82, 2.24) is 0 Å². The Bertz CT molecular complexity index is 3040. The summed E-state index contributed by atoms with van der Waals surface area (Å²) in [4.78, 5) is 0. The van der Waals surface area contributed by atoms with Crippen LogP contribution in [0.25, 0.3) is 110 Å². The third kappa shape index (κ3) is 3.73. The topological polar surface area (TPSA) is 39.4 Å². The van der Waals surface area contributed by atoms with E-state index in [1.54, 1.807) is 0 Å². The van der Waals surface area contributed by atoms with Gasteiger partial charge in [-0.1, -0.05) is 133 Å². The molecule has 8 aromatic carbocycles. The molecule has 0 N–H and O–H groups in total. The average Bonchev–Trinajstić information content (AvgIpc) is 3.88. The lowest BCUT2D eigenvalue weighted by Gasteiger charge is -2.18. The molecule has 0 saturated heterocycles. The van der Waals surface area contributed by atoms with E-state index in [1.807, 2.05) is 42.5 Å². The van der Waals surface area contributed by atoms with Gasteiger partial charge in [-0.2, -0.15) is 0 Å². The fourth-order valence-corrected chi connectivity index (χ4v) is 7.96. The summed E-state index contributed by atoms with van der Waals surface area (Å²) in [5, 5.41) is 10.0. The van der Waals surface area contributed by atoms with Gasteiger partial charge in [-0.25, -0.2) is 0 Å². The van der Waals surface area contributed by atoms with Gasteiger partial charge < -0.3 is 13.3 Å². The lowest BCUT2D eigenvalue weighted by Crippen LogP contribution is -1.91. The first kappa shape index (κ1) is 26.5. The van der Waals surface area contributed by atoms with E-state index >= 15 is 0 Å². The Labute approximate surface area is 280 Å². The quantitative estimate of drug-likeness (QED) is 0.183. The number of hydrogen-bond acceptors (Lipinski definition) is 3. The zero-order chi connectivity index (χ0) is 32.1. The van der Waals surface area contributed by atoms with E-state index in [0.717, 1.165) is 77.3 Å². The predicted molar refractivity (Wildman–Crippen MR) is 202 cm³/mol. The van der Waals surface area contributed by atoms with Gasteiger partial charge in [-0.05, 0) is 56.9 Å². The minimum atomic E-state index is 0.756. The molecule has 0 saturated carbocycles. The van der Waals surface area contributed by atoms with Gasteiger partial charge in [0.25, 0.3) is 0 Å². The summed E-state index contributed by atoms with van der Waals surface area (Å²) in [6.07, 6.45) is 0. The predicted octanol–water partition coefficient (Wildman–Crippen LogP) is 13.5. The van der Waals surface area contributed by atoms with Crippen LogP contribution in [0, 0.1) is 0 Å². The second kappa shape index (κ2) is 9.96. The van der Waals surface area contributed by atoms with Gasteiger partial charge in [-0.15, -0.1) is 0 Å². The van der Waals surface area contributed by atoms with Crippen LogP contribution in [0.4, 0.5) is 0 Å². The van der Waals surface area contributed by atoms with E-state index in [1.165, 1.54) is 32.7 Å². The maximum Gasteiger partial charge on any atom is 0.178 e. The molecule has 0 bridgehead atoms. The molecule has 0 spiro atoms. The highest BCUT2D eigenvalue weighted by Gasteiger charge is 2.24. The van der Waals surface area contributed by atoms with Gasteiger partial charge in [-0.3, -0.25) is 0 Å². The largest absolute Gasteiger partial charge is 0.455 e. The van der Waals surface area contributed by atoms with Gasteiger partial charge in [0, 0.05) is 43.6 Å². The monoisotopic (exact) mass is 626 g/mol. The Kier molecular flexibility index (Phi) is 5.38. The highest BCUT2D eigenvalue weighted by molar-refractivity contribution is 6.28. The second-order valence-electron chi connectivity index (χ2n) is 12.7. The third-order valence-corrected chi connectivity index (χ3v) is 10.1. The number of benzene rings is 8. The molecule has 0 aliphatic rings. The molecule has 3 heteroatoms. The van der Waals surface area contributed by atoms with Crippen LogP contribution in [0.5, 0.6) is 0 Å². The van der Waals surface area contributed by atoms with Crippen molar-refractivity contribution < 1.29 is 13.3 Å². The van der Waals surface area contributed by atoms with Crippen molar-refractivity contribution in [3.63, 3.8) is 0 Å². The van der Waals surface area contributed by atoms with Crippen molar-refractivity contribution >= 4 is 76.4 Å². The molecule has 0 radical (unpaired) electrons. The first-order chi connectivity index (χ1) is 24.3. The Hall–Kier alpha value is -6.58. The molecule has 0 amide bonds. The number of furan rings is 3. The van der Waals surface area contributed by atoms with Gasteiger partial charge in [0.1, 0.15) is 22.5 Å². The van der Waals surface area contributed by atoms with Crippen molar-refractivity contribution in [2.75, 3.05) is 0 Å². The van der Waals surface area contributed by atoms with Crippen LogP contribution in [-0.2, 0) is 0 Å². The van der Waals surface area contributed by atoms with Crippen LogP contribution in [0.2, 0.25) is 0 Å². The summed E-state index contributed by atoms with van der Waals surface area (Å²) in [5.74, 6) is 0.812.